The predicted molar refractivity (Wildman–Crippen MR) is 70.5 cm³/mol. The minimum atomic E-state index is -4.08. The first kappa shape index (κ1) is 14.5. The fraction of sp³-hybridized carbons (Fsp3) is 0.167. The molecule has 0 aliphatic rings. The normalized spacial score (nSPS) is 11.6. The molecular formula is C12H13F2N3O2S. The van der Waals surface area contributed by atoms with E-state index >= 15 is 0 Å². The first-order valence-corrected chi connectivity index (χ1v) is 7.15. The van der Waals surface area contributed by atoms with Crippen molar-refractivity contribution in [1.29, 1.82) is 0 Å². The van der Waals surface area contributed by atoms with Crippen LogP contribution in [0, 0.1) is 11.6 Å². The summed E-state index contributed by atoms with van der Waals surface area (Å²) in [4.78, 5) is -0.108. The van der Waals surface area contributed by atoms with Crippen molar-refractivity contribution >= 4 is 15.7 Å². The molecule has 5 nitrogen and oxygen atoms in total. The molecule has 1 aromatic carbocycles. The minimum absolute atomic E-state index is 0.108. The summed E-state index contributed by atoms with van der Waals surface area (Å²) < 4.78 is 54.5. The number of halogens is 2. The Morgan fingerprint density at radius 2 is 1.90 bits per heavy atom. The molecule has 3 N–H and O–H groups in total. The van der Waals surface area contributed by atoms with Gasteiger partial charge in [0, 0.05) is 25.5 Å². The molecule has 0 bridgehead atoms. The Morgan fingerprint density at radius 1 is 1.30 bits per heavy atom. The lowest BCUT2D eigenvalue weighted by atomic mass is 10.3. The van der Waals surface area contributed by atoms with Crippen molar-refractivity contribution in [2.24, 2.45) is 12.8 Å². The van der Waals surface area contributed by atoms with Gasteiger partial charge in [-0.1, -0.05) is 6.07 Å². The van der Waals surface area contributed by atoms with E-state index < -0.39 is 27.3 Å². The monoisotopic (exact) mass is 301 g/mol. The number of aromatic nitrogens is 1. The molecule has 20 heavy (non-hydrogen) atoms. The fourth-order valence-corrected chi connectivity index (χ4v) is 2.89. The lowest BCUT2D eigenvalue weighted by Gasteiger charge is -2.08. The van der Waals surface area contributed by atoms with Crippen LogP contribution in [0.5, 0.6) is 0 Å². The summed E-state index contributed by atoms with van der Waals surface area (Å²) in [5.74, 6) is -1.97. The largest absolute Gasteiger partial charge is 0.352 e. The van der Waals surface area contributed by atoms with Crippen LogP contribution in [0.4, 0.5) is 14.5 Å². The van der Waals surface area contributed by atoms with E-state index in [9.17, 15) is 17.2 Å². The van der Waals surface area contributed by atoms with Crippen molar-refractivity contribution in [1.82, 2.24) is 4.57 Å². The van der Waals surface area contributed by atoms with Crippen LogP contribution in [0.1, 0.15) is 5.69 Å². The molecule has 8 heteroatoms. The molecule has 2 aromatic rings. The van der Waals surface area contributed by atoms with Gasteiger partial charge in [0.25, 0.3) is 10.0 Å². The number of nitrogens with zero attached hydrogens (tertiary/aromatic N) is 1. The third kappa shape index (κ3) is 2.66. The topological polar surface area (TPSA) is 77.1 Å². The predicted octanol–water partition coefficient (Wildman–Crippen LogP) is 1.56. The van der Waals surface area contributed by atoms with Gasteiger partial charge >= 0.3 is 0 Å². The molecule has 1 heterocycles. The summed E-state index contributed by atoms with van der Waals surface area (Å²) in [6.07, 6.45) is 1.32. The van der Waals surface area contributed by atoms with Crippen molar-refractivity contribution in [3.05, 3.63) is 47.8 Å². The number of hydrogen-bond donors (Lipinski definition) is 2. The lowest BCUT2D eigenvalue weighted by Crippen LogP contribution is -2.14. The standard InChI is InChI=1S/C12H13F2N3O2S/c1-17-7-9(5-8(17)6-15)20(18,19)16-12-10(13)3-2-4-11(12)14/h2-5,7,16H,6,15H2,1H3. The highest BCUT2D eigenvalue weighted by Crippen LogP contribution is 2.23. The van der Waals surface area contributed by atoms with Gasteiger partial charge in [-0.2, -0.15) is 0 Å². The Balaban J connectivity index is 2.41. The number of hydrogen-bond acceptors (Lipinski definition) is 3. The maximum atomic E-state index is 13.5. The van der Waals surface area contributed by atoms with E-state index in [2.05, 4.69) is 0 Å². The lowest BCUT2D eigenvalue weighted by molar-refractivity contribution is 0.583. The molecule has 0 saturated carbocycles. The Kier molecular flexibility index (Phi) is 3.78. The number of aryl methyl sites for hydroxylation is 1. The number of benzene rings is 1. The molecule has 0 fully saturated rings. The molecule has 0 saturated heterocycles. The van der Waals surface area contributed by atoms with Gasteiger partial charge in [0.2, 0.25) is 0 Å². The SMILES string of the molecule is Cn1cc(S(=O)(=O)Nc2c(F)cccc2F)cc1CN. The Morgan fingerprint density at radius 3 is 2.40 bits per heavy atom. The summed E-state index contributed by atoms with van der Waals surface area (Å²) in [5.41, 5.74) is 5.33. The number of sulfonamides is 1. The molecule has 0 atom stereocenters. The molecule has 2 rings (SSSR count). The number of rotatable bonds is 4. The van der Waals surface area contributed by atoms with Gasteiger partial charge in [-0.25, -0.2) is 17.2 Å². The zero-order valence-corrected chi connectivity index (χ0v) is 11.4. The van der Waals surface area contributed by atoms with E-state index in [0.29, 0.717) is 5.69 Å². The van der Waals surface area contributed by atoms with Crippen LogP contribution in [0.3, 0.4) is 0 Å². The van der Waals surface area contributed by atoms with E-state index in [-0.39, 0.29) is 11.4 Å². The van der Waals surface area contributed by atoms with Crippen LogP contribution in [-0.2, 0) is 23.6 Å². The number of anilines is 1. The van der Waals surface area contributed by atoms with Gasteiger partial charge in [0.15, 0.2) is 0 Å². The first-order valence-electron chi connectivity index (χ1n) is 5.67. The summed E-state index contributed by atoms with van der Waals surface area (Å²) in [5, 5.41) is 0. The van der Waals surface area contributed by atoms with E-state index in [0.717, 1.165) is 18.2 Å². The van der Waals surface area contributed by atoms with Gasteiger partial charge in [-0.3, -0.25) is 4.72 Å². The van der Waals surface area contributed by atoms with Crippen molar-refractivity contribution in [3.63, 3.8) is 0 Å². The Hall–Kier alpha value is -1.93. The van der Waals surface area contributed by atoms with Crippen LogP contribution < -0.4 is 10.5 Å². The Labute approximate surface area is 115 Å². The molecule has 0 aliphatic heterocycles. The van der Waals surface area contributed by atoms with Crippen LogP contribution in [0.25, 0.3) is 0 Å². The third-order valence-electron chi connectivity index (χ3n) is 2.80. The average Bonchev–Trinajstić information content (AvgIpc) is 2.76. The highest BCUT2D eigenvalue weighted by atomic mass is 32.2. The summed E-state index contributed by atoms with van der Waals surface area (Å²) in [6.45, 7) is 0.153. The second kappa shape index (κ2) is 5.22. The molecule has 0 spiro atoms. The van der Waals surface area contributed by atoms with E-state index in [4.69, 9.17) is 5.73 Å². The van der Waals surface area contributed by atoms with Gasteiger partial charge < -0.3 is 10.3 Å². The smallest absolute Gasteiger partial charge is 0.263 e. The minimum Gasteiger partial charge on any atom is -0.352 e. The second-order valence-electron chi connectivity index (χ2n) is 4.18. The van der Waals surface area contributed by atoms with Crippen LogP contribution in [0.2, 0.25) is 0 Å². The number of para-hydroxylation sites is 1. The molecule has 0 amide bonds. The summed E-state index contributed by atoms with van der Waals surface area (Å²) >= 11 is 0. The molecular weight excluding hydrogens is 288 g/mol. The molecule has 1 aromatic heterocycles. The van der Waals surface area contributed by atoms with Gasteiger partial charge in [0.1, 0.15) is 22.2 Å². The second-order valence-corrected chi connectivity index (χ2v) is 5.87. The van der Waals surface area contributed by atoms with Crippen molar-refractivity contribution in [3.8, 4) is 0 Å². The maximum absolute atomic E-state index is 13.5. The highest BCUT2D eigenvalue weighted by Gasteiger charge is 2.21. The third-order valence-corrected chi connectivity index (χ3v) is 4.12. The number of nitrogens with two attached hydrogens (primary N) is 1. The average molecular weight is 301 g/mol. The van der Waals surface area contributed by atoms with Gasteiger partial charge in [-0.05, 0) is 18.2 Å². The Bertz CT molecular complexity index is 721. The molecule has 0 radical (unpaired) electrons. The fourth-order valence-electron chi connectivity index (χ4n) is 1.72. The zero-order valence-electron chi connectivity index (χ0n) is 10.6. The van der Waals surface area contributed by atoms with Crippen molar-refractivity contribution in [2.75, 3.05) is 4.72 Å². The maximum Gasteiger partial charge on any atom is 0.263 e. The summed E-state index contributed by atoms with van der Waals surface area (Å²) in [6, 6.07) is 4.44. The highest BCUT2D eigenvalue weighted by molar-refractivity contribution is 7.92. The van der Waals surface area contributed by atoms with Crippen molar-refractivity contribution in [2.45, 2.75) is 11.4 Å². The van der Waals surface area contributed by atoms with Gasteiger partial charge in [0.05, 0.1) is 0 Å². The van der Waals surface area contributed by atoms with E-state index in [1.807, 2.05) is 4.72 Å². The first-order chi connectivity index (χ1) is 9.35. The molecule has 0 aliphatic carbocycles. The zero-order chi connectivity index (χ0) is 14.9. The van der Waals surface area contributed by atoms with Crippen LogP contribution >= 0.6 is 0 Å². The van der Waals surface area contributed by atoms with Crippen LogP contribution in [-0.4, -0.2) is 13.0 Å². The quantitative estimate of drug-likeness (QED) is 0.899. The van der Waals surface area contributed by atoms with Gasteiger partial charge in [-0.15, -0.1) is 0 Å². The van der Waals surface area contributed by atoms with E-state index in [1.165, 1.54) is 16.8 Å². The number of nitrogens with one attached hydrogen (secondary N) is 1. The summed E-state index contributed by atoms with van der Waals surface area (Å²) in [7, 11) is -2.45. The molecule has 108 valence electrons. The van der Waals surface area contributed by atoms with Crippen LogP contribution in [0.15, 0.2) is 35.4 Å². The molecule has 0 unspecified atom stereocenters. The van der Waals surface area contributed by atoms with E-state index in [1.54, 1.807) is 7.05 Å². The van der Waals surface area contributed by atoms with Crippen molar-refractivity contribution < 1.29 is 17.2 Å².